The van der Waals surface area contributed by atoms with Crippen LogP contribution in [0.4, 0.5) is 0 Å². The van der Waals surface area contributed by atoms with Gasteiger partial charge < -0.3 is 9.33 Å². The number of nitrogens with zero attached hydrogens (tertiary/aromatic N) is 3. The van der Waals surface area contributed by atoms with E-state index in [1.807, 2.05) is 4.90 Å². The Labute approximate surface area is 154 Å². The van der Waals surface area contributed by atoms with E-state index in [4.69, 9.17) is 27.6 Å². The summed E-state index contributed by atoms with van der Waals surface area (Å²) in [5.41, 5.74) is 0.302. The molecule has 2 heterocycles. The number of aromatic nitrogens is 2. The molecule has 1 atom stereocenters. The van der Waals surface area contributed by atoms with Crippen LogP contribution in [0.2, 0.25) is 28.4 Å². The van der Waals surface area contributed by atoms with Crippen LogP contribution in [0.5, 0.6) is 0 Å². The monoisotopic (exact) mass is 389 g/mol. The Balaban J connectivity index is 2.10. The Bertz CT molecular complexity index is 620. The summed E-state index contributed by atoms with van der Waals surface area (Å²) >= 11 is 11.9. The first-order chi connectivity index (χ1) is 11.0. The number of hydrogen-bond acceptors (Lipinski definition) is 4. The maximum absolute atomic E-state index is 12.8. The molecular weight excluding hydrogens is 365 g/mol. The van der Waals surface area contributed by atoms with Crippen LogP contribution < -0.4 is 0 Å². The van der Waals surface area contributed by atoms with Crippen molar-refractivity contribution in [3.63, 3.8) is 0 Å². The third-order valence-corrected chi connectivity index (χ3v) is 9.99. The largest absolute Gasteiger partial charge is 0.415 e. The van der Waals surface area contributed by atoms with Gasteiger partial charge in [0.1, 0.15) is 0 Å². The van der Waals surface area contributed by atoms with Gasteiger partial charge in [-0.2, -0.15) is 0 Å². The van der Waals surface area contributed by atoms with Gasteiger partial charge in [0, 0.05) is 6.54 Å². The smallest absolute Gasteiger partial charge is 0.257 e. The number of carbonyl (C=O) groups excluding carboxylic acids is 1. The van der Waals surface area contributed by atoms with Crippen molar-refractivity contribution >= 4 is 37.4 Å². The standard InChI is InChI=1S/C16H25Cl2N3O2Si/c1-16(2,3)24(4,5)23-10-11-7-6-8-21(11)15(22)12-9-13(17)19-20-14(12)18/h9,11H,6-8,10H2,1-5H3/t11-/m0/s1. The van der Waals surface area contributed by atoms with Crippen molar-refractivity contribution in [2.24, 2.45) is 0 Å². The van der Waals surface area contributed by atoms with Crippen molar-refractivity contribution < 1.29 is 9.22 Å². The van der Waals surface area contributed by atoms with Crippen LogP contribution in [0.15, 0.2) is 6.07 Å². The van der Waals surface area contributed by atoms with Crippen LogP contribution >= 0.6 is 23.2 Å². The number of amides is 1. The second-order valence-electron chi connectivity index (χ2n) is 7.74. The minimum Gasteiger partial charge on any atom is -0.415 e. The van der Waals surface area contributed by atoms with E-state index in [9.17, 15) is 4.79 Å². The van der Waals surface area contributed by atoms with Gasteiger partial charge in [-0.1, -0.05) is 44.0 Å². The van der Waals surface area contributed by atoms with Crippen molar-refractivity contribution in [2.45, 2.75) is 57.8 Å². The van der Waals surface area contributed by atoms with E-state index in [0.717, 1.165) is 12.8 Å². The lowest BCUT2D eigenvalue weighted by Gasteiger charge is -2.38. The van der Waals surface area contributed by atoms with Crippen molar-refractivity contribution in [3.05, 3.63) is 21.9 Å². The summed E-state index contributed by atoms with van der Waals surface area (Å²) in [6.45, 7) is 12.3. The number of halogens is 2. The molecule has 1 aliphatic heterocycles. The van der Waals surface area contributed by atoms with Gasteiger partial charge in [-0.3, -0.25) is 4.79 Å². The van der Waals surface area contributed by atoms with Gasteiger partial charge in [-0.05, 0) is 37.0 Å². The van der Waals surface area contributed by atoms with Crippen LogP contribution in [-0.4, -0.2) is 48.5 Å². The zero-order valence-corrected chi connectivity index (χ0v) is 17.4. The van der Waals surface area contributed by atoms with Gasteiger partial charge in [0.2, 0.25) is 0 Å². The quantitative estimate of drug-likeness (QED) is 0.715. The highest BCUT2D eigenvalue weighted by Crippen LogP contribution is 2.37. The predicted molar refractivity (Wildman–Crippen MR) is 99.3 cm³/mol. The van der Waals surface area contributed by atoms with Crippen molar-refractivity contribution in [2.75, 3.05) is 13.2 Å². The molecule has 134 valence electrons. The summed E-state index contributed by atoms with van der Waals surface area (Å²) in [5, 5.41) is 7.77. The Morgan fingerprint density at radius 1 is 1.38 bits per heavy atom. The van der Waals surface area contributed by atoms with Gasteiger partial charge in [0.05, 0.1) is 18.2 Å². The highest BCUT2D eigenvalue weighted by molar-refractivity contribution is 6.74. The Morgan fingerprint density at radius 2 is 2.04 bits per heavy atom. The molecule has 24 heavy (non-hydrogen) atoms. The third-order valence-electron chi connectivity index (χ3n) is 5.03. The minimum absolute atomic E-state index is 0.0645. The van der Waals surface area contributed by atoms with Crippen LogP contribution in [0.3, 0.4) is 0 Å². The summed E-state index contributed by atoms with van der Waals surface area (Å²) in [5.74, 6) is -0.155. The van der Waals surface area contributed by atoms with E-state index in [1.165, 1.54) is 6.07 Å². The Kier molecular flexibility index (Phi) is 5.95. The first-order valence-electron chi connectivity index (χ1n) is 8.16. The summed E-state index contributed by atoms with van der Waals surface area (Å²) in [4.78, 5) is 14.6. The number of likely N-dealkylation sites (tertiary alicyclic amines) is 1. The second kappa shape index (κ2) is 7.28. The molecule has 0 aliphatic carbocycles. The molecule has 2 rings (SSSR count). The minimum atomic E-state index is -1.84. The Morgan fingerprint density at radius 3 is 2.67 bits per heavy atom. The number of hydrogen-bond donors (Lipinski definition) is 0. The molecule has 8 heteroatoms. The van der Waals surface area contributed by atoms with Crippen LogP contribution in [0.25, 0.3) is 0 Å². The first kappa shape index (κ1) is 19.6. The zero-order valence-electron chi connectivity index (χ0n) is 14.9. The molecule has 0 bridgehead atoms. The van der Waals surface area contributed by atoms with Gasteiger partial charge >= 0.3 is 0 Å². The molecule has 0 radical (unpaired) electrons. The molecule has 1 saturated heterocycles. The maximum atomic E-state index is 12.8. The van der Waals surface area contributed by atoms with E-state index in [-0.39, 0.29) is 27.3 Å². The van der Waals surface area contributed by atoms with Gasteiger partial charge in [0.25, 0.3) is 5.91 Å². The molecule has 0 saturated carbocycles. The summed E-state index contributed by atoms with van der Waals surface area (Å²) in [6.07, 6.45) is 1.89. The van der Waals surface area contributed by atoms with E-state index in [1.54, 1.807) is 0 Å². The second-order valence-corrected chi connectivity index (χ2v) is 13.3. The average molecular weight is 390 g/mol. The first-order valence-corrected chi connectivity index (χ1v) is 11.8. The lowest BCUT2D eigenvalue weighted by molar-refractivity contribution is 0.0683. The molecule has 1 aromatic rings. The van der Waals surface area contributed by atoms with Crippen LogP contribution in [0.1, 0.15) is 44.0 Å². The zero-order chi connectivity index (χ0) is 18.1. The van der Waals surface area contributed by atoms with E-state index < -0.39 is 8.32 Å². The third kappa shape index (κ3) is 4.28. The molecule has 0 spiro atoms. The van der Waals surface area contributed by atoms with E-state index in [2.05, 4.69) is 44.1 Å². The predicted octanol–water partition coefficient (Wildman–Crippen LogP) is 4.41. The highest BCUT2D eigenvalue weighted by atomic mass is 35.5. The van der Waals surface area contributed by atoms with Crippen molar-refractivity contribution in [3.8, 4) is 0 Å². The van der Waals surface area contributed by atoms with Crippen molar-refractivity contribution in [1.29, 1.82) is 0 Å². The number of rotatable bonds is 4. The summed E-state index contributed by atoms with van der Waals surface area (Å²) < 4.78 is 6.31. The Hall–Kier alpha value is -0.693. The fourth-order valence-electron chi connectivity index (χ4n) is 2.46. The molecule has 5 nitrogen and oxygen atoms in total. The summed E-state index contributed by atoms with van der Waals surface area (Å²) in [7, 11) is -1.84. The van der Waals surface area contributed by atoms with Gasteiger partial charge in [0.15, 0.2) is 18.6 Å². The van der Waals surface area contributed by atoms with E-state index >= 15 is 0 Å². The molecule has 1 aliphatic rings. The fraction of sp³-hybridized carbons (Fsp3) is 0.688. The number of carbonyl (C=O) groups is 1. The summed E-state index contributed by atoms with van der Waals surface area (Å²) in [6, 6.07) is 1.54. The molecule has 0 aromatic carbocycles. The molecular formula is C16H25Cl2N3O2Si. The van der Waals surface area contributed by atoms with Gasteiger partial charge in [-0.25, -0.2) is 0 Å². The lowest BCUT2D eigenvalue weighted by Crippen LogP contribution is -2.46. The van der Waals surface area contributed by atoms with Crippen molar-refractivity contribution in [1.82, 2.24) is 15.1 Å². The maximum Gasteiger partial charge on any atom is 0.257 e. The molecule has 0 unspecified atom stereocenters. The highest BCUT2D eigenvalue weighted by Gasteiger charge is 2.39. The SMILES string of the molecule is CC(C)(C)[Si](C)(C)OC[C@@H]1CCCN1C(=O)c1cc(Cl)nnc1Cl. The lowest BCUT2D eigenvalue weighted by atomic mass is 10.2. The molecule has 1 amide bonds. The molecule has 1 fully saturated rings. The topological polar surface area (TPSA) is 55.3 Å². The van der Waals surface area contributed by atoms with Crippen LogP contribution in [-0.2, 0) is 4.43 Å². The van der Waals surface area contributed by atoms with Crippen LogP contribution in [0, 0.1) is 0 Å². The van der Waals surface area contributed by atoms with Gasteiger partial charge in [-0.15, -0.1) is 10.2 Å². The molecule has 1 aromatic heterocycles. The average Bonchev–Trinajstić information content (AvgIpc) is 2.94. The fourth-order valence-corrected chi connectivity index (χ4v) is 3.82. The normalized spacial score (nSPS) is 19.0. The van der Waals surface area contributed by atoms with E-state index in [0.29, 0.717) is 18.7 Å². The molecule has 0 N–H and O–H groups in total.